The van der Waals surface area contributed by atoms with Crippen LogP contribution in [0.25, 0.3) is 0 Å². The van der Waals surface area contributed by atoms with Gasteiger partial charge in [0.1, 0.15) is 0 Å². The molecule has 0 aromatic carbocycles. The van der Waals surface area contributed by atoms with E-state index in [-0.39, 0.29) is 0 Å². The van der Waals surface area contributed by atoms with Gasteiger partial charge in [-0.1, -0.05) is 58.7 Å². The highest BCUT2D eigenvalue weighted by Crippen LogP contribution is 2.59. The molecule has 0 nitrogen and oxygen atoms in total. The molecular weight excluding hydrogens is 336 g/mol. The van der Waals surface area contributed by atoms with Crippen LogP contribution in [0.4, 0.5) is 0 Å². The van der Waals surface area contributed by atoms with Crippen molar-refractivity contribution in [2.75, 3.05) is 0 Å². The van der Waals surface area contributed by atoms with Gasteiger partial charge < -0.3 is 0 Å². The maximum Gasteiger partial charge on any atom is 0.00976 e. The van der Waals surface area contributed by atoms with Crippen LogP contribution in [-0.4, -0.2) is 0 Å². The Morgan fingerprint density at radius 3 is 1.11 bits per heavy atom. The minimum absolute atomic E-state index is 0.369. The second-order valence-electron chi connectivity index (χ2n) is 10.5. The van der Waals surface area contributed by atoms with E-state index >= 15 is 0 Å². The van der Waals surface area contributed by atoms with E-state index < -0.39 is 0 Å². The SMILES string of the molecule is CC(C)=CC1(C=C(C)C)CC1CC/C=C/CCC1CC1(C=C(C)C)C=C(C)C. The van der Waals surface area contributed by atoms with E-state index in [4.69, 9.17) is 0 Å². The summed E-state index contributed by atoms with van der Waals surface area (Å²) in [4.78, 5) is 0. The van der Waals surface area contributed by atoms with Crippen molar-refractivity contribution in [1.82, 2.24) is 0 Å². The molecule has 2 aliphatic carbocycles. The lowest BCUT2D eigenvalue weighted by Crippen LogP contribution is -1.98. The zero-order valence-corrected chi connectivity index (χ0v) is 19.9. The molecule has 2 saturated carbocycles. The summed E-state index contributed by atoms with van der Waals surface area (Å²) in [5.74, 6) is 1.68. The van der Waals surface area contributed by atoms with E-state index in [0.717, 1.165) is 11.8 Å². The van der Waals surface area contributed by atoms with Crippen molar-refractivity contribution in [2.24, 2.45) is 22.7 Å². The van der Waals surface area contributed by atoms with Crippen molar-refractivity contribution in [3.05, 3.63) is 58.7 Å². The van der Waals surface area contributed by atoms with E-state index in [9.17, 15) is 0 Å². The molecule has 0 amide bonds. The van der Waals surface area contributed by atoms with Gasteiger partial charge in [0.15, 0.2) is 0 Å². The molecule has 0 heteroatoms. The van der Waals surface area contributed by atoms with Crippen molar-refractivity contribution >= 4 is 0 Å². The molecular formula is C28H44. The average molecular weight is 381 g/mol. The van der Waals surface area contributed by atoms with Gasteiger partial charge in [0.05, 0.1) is 0 Å². The van der Waals surface area contributed by atoms with Crippen molar-refractivity contribution in [3.8, 4) is 0 Å². The van der Waals surface area contributed by atoms with Gasteiger partial charge in [-0.15, -0.1) is 0 Å². The van der Waals surface area contributed by atoms with Crippen LogP contribution in [0.5, 0.6) is 0 Å². The summed E-state index contributed by atoms with van der Waals surface area (Å²) < 4.78 is 0. The van der Waals surface area contributed by atoms with Crippen LogP contribution in [0, 0.1) is 22.7 Å². The molecule has 156 valence electrons. The van der Waals surface area contributed by atoms with Crippen molar-refractivity contribution in [3.63, 3.8) is 0 Å². The lowest BCUT2D eigenvalue weighted by atomic mass is 9.95. The Kier molecular flexibility index (Phi) is 7.77. The van der Waals surface area contributed by atoms with Gasteiger partial charge in [0, 0.05) is 10.8 Å². The number of hydrogen-bond donors (Lipinski definition) is 0. The van der Waals surface area contributed by atoms with E-state index in [1.54, 1.807) is 0 Å². The van der Waals surface area contributed by atoms with Gasteiger partial charge in [-0.25, -0.2) is 0 Å². The first-order valence-electron chi connectivity index (χ1n) is 11.4. The Morgan fingerprint density at radius 2 is 0.857 bits per heavy atom. The van der Waals surface area contributed by atoms with Crippen LogP contribution >= 0.6 is 0 Å². The van der Waals surface area contributed by atoms with Gasteiger partial charge >= 0.3 is 0 Å². The molecule has 0 bridgehead atoms. The Hall–Kier alpha value is -1.30. The number of rotatable bonds is 10. The zero-order valence-electron chi connectivity index (χ0n) is 19.9. The third-order valence-corrected chi connectivity index (χ3v) is 6.16. The van der Waals surface area contributed by atoms with Crippen molar-refractivity contribution in [1.29, 1.82) is 0 Å². The third-order valence-electron chi connectivity index (χ3n) is 6.16. The molecule has 0 N–H and O–H groups in total. The molecule has 2 aliphatic rings. The van der Waals surface area contributed by atoms with Crippen LogP contribution in [0.15, 0.2) is 58.7 Å². The van der Waals surface area contributed by atoms with Crippen LogP contribution in [-0.2, 0) is 0 Å². The molecule has 0 aromatic rings. The summed E-state index contributed by atoms with van der Waals surface area (Å²) in [6.45, 7) is 17.9. The molecule has 0 saturated heterocycles. The fourth-order valence-electron chi connectivity index (χ4n) is 5.25. The van der Waals surface area contributed by atoms with Gasteiger partial charge in [-0.05, 0) is 106 Å². The van der Waals surface area contributed by atoms with Crippen molar-refractivity contribution in [2.45, 2.75) is 93.9 Å². The first-order chi connectivity index (χ1) is 13.1. The topological polar surface area (TPSA) is 0 Å². The smallest absolute Gasteiger partial charge is 0.00976 e. The summed E-state index contributed by atoms with van der Waals surface area (Å²) in [5.41, 5.74) is 6.56. The first-order valence-corrected chi connectivity index (χ1v) is 11.4. The van der Waals surface area contributed by atoms with Gasteiger partial charge in [-0.3, -0.25) is 0 Å². The quantitative estimate of drug-likeness (QED) is 0.332. The van der Waals surface area contributed by atoms with Gasteiger partial charge in [0.2, 0.25) is 0 Å². The highest BCUT2D eigenvalue weighted by molar-refractivity contribution is 5.29. The largest absolute Gasteiger partial charge is 0.0885 e. The molecule has 0 aliphatic heterocycles. The monoisotopic (exact) mass is 380 g/mol. The van der Waals surface area contributed by atoms with Crippen LogP contribution < -0.4 is 0 Å². The first kappa shape index (κ1) is 23.0. The molecule has 2 unspecified atom stereocenters. The number of hydrogen-bond acceptors (Lipinski definition) is 0. The Balaban J connectivity index is 1.76. The summed E-state index contributed by atoms with van der Waals surface area (Å²) in [5, 5.41) is 0. The second kappa shape index (κ2) is 9.47. The third kappa shape index (κ3) is 6.64. The molecule has 2 rings (SSSR count). The van der Waals surface area contributed by atoms with Crippen LogP contribution in [0.3, 0.4) is 0 Å². The lowest BCUT2D eigenvalue weighted by Gasteiger charge is -2.10. The summed E-state index contributed by atoms with van der Waals surface area (Å²) in [7, 11) is 0. The van der Waals surface area contributed by atoms with Crippen LogP contribution in [0.2, 0.25) is 0 Å². The molecule has 0 heterocycles. The lowest BCUT2D eigenvalue weighted by molar-refractivity contribution is 0.624. The van der Waals surface area contributed by atoms with Crippen LogP contribution in [0.1, 0.15) is 93.9 Å². The fraction of sp³-hybridized carbons (Fsp3) is 0.643. The van der Waals surface area contributed by atoms with E-state index in [1.807, 2.05) is 0 Å². The highest BCUT2D eigenvalue weighted by Gasteiger charge is 2.50. The standard InChI is InChI=1S/C28H44/c1-21(2)15-27(16-22(3)4)19-25(27)13-11-9-10-12-14-26-20-28(26,17-23(5)6)18-24(7)8/h9-10,15-18,25-26H,11-14,19-20H2,1-8H3/b10-9+. The summed E-state index contributed by atoms with van der Waals surface area (Å²) in [6.07, 6.45) is 22.7. The molecule has 28 heavy (non-hydrogen) atoms. The van der Waals surface area contributed by atoms with Gasteiger partial charge in [-0.2, -0.15) is 0 Å². The normalized spacial score (nSPS) is 23.7. The van der Waals surface area contributed by atoms with E-state index in [0.29, 0.717) is 10.8 Å². The van der Waals surface area contributed by atoms with E-state index in [2.05, 4.69) is 91.8 Å². The average Bonchev–Trinajstić information content (AvgIpc) is 3.37. The maximum absolute atomic E-state index is 2.51. The Bertz CT molecular complexity index is 580. The summed E-state index contributed by atoms with van der Waals surface area (Å²) in [6, 6.07) is 0. The molecule has 0 aromatic heterocycles. The predicted molar refractivity (Wildman–Crippen MR) is 126 cm³/mol. The Morgan fingerprint density at radius 1 is 0.571 bits per heavy atom. The Labute approximate surface area is 175 Å². The zero-order chi connectivity index (χ0) is 20.9. The minimum atomic E-state index is 0.369. The van der Waals surface area contributed by atoms with Gasteiger partial charge in [0.25, 0.3) is 0 Å². The molecule has 2 fully saturated rings. The fourth-order valence-corrected chi connectivity index (χ4v) is 5.25. The van der Waals surface area contributed by atoms with Crippen molar-refractivity contribution < 1.29 is 0 Å². The minimum Gasteiger partial charge on any atom is -0.0885 e. The predicted octanol–water partition coefficient (Wildman–Crippen LogP) is 8.98. The molecule has 0 spiro atoms. The second-order valence-corrected chi connectivity index (χ2v) is 10.5. The summed E-state index contributed by atoms with van der Waals surface area (Å²) >= 11 is 0. The molecule has 0 radical (unpaired) electrons. The molecule has 2 atom stereocenters. The number of allylic oxidation sites excluding steroid dienone is 10. The highest BCUT2D eigenvalue weighted by atomic mass is 14.5. The van der Waals surface area contributed by atoms with E-state index in [1.165, 1.54) is 60.8 Å². The maximum atomic E-state index is 2.51.